The van der Waals surface area contributed by atoms with E-state index >= 15 is 0 Å². The Bertz CT molecular complexity index is 475. The summed E-state index contributed by atoms with van der Waals surface area (Å²) in [7, 11) is 0. The predicted molar refractivity (Wildman–Crippen MR) is 94.1 cm³/mol. The van der Waals surface area contributed by atoms with Gasteiger partial charge >= 0.3 is 6.03 Å². The molecule has 1 heterocycles. The third-order valence-corrected chi connectivity index (χ3v) is 3.72. The number of thiol groups is 1. The minimum absolute atomic E-state index is 0.0245. The van der Waals surface area contributed by atoms with Gasteiger partial charge in [0.25, 0.3) is 5.97 Å². The number of benzene rings is 1. The summed E-state index contributed by atoms with van der Waals surface area (Å²) in [4.78, 5) is 23.0. The maximum absolute atomic E-state index is 12.1. The summed E-state index contributed by atoms with van der Waals surface area (Å²) in [5, 5.41) is 13.7. The molecule has 0 aromatic heterocycles. The van der Waals surface area contributed by atoms with Crippen molar-refractivity contribution in [1.82, 2.24) is 15.5 Å². The summed E-state index contributed by atoms with van der Waals surface area (Å²) >= 11 is 4.34. The number of carboxylic acid groups (broad SMARTS) is 1. The van der Waals surface area contributed by atoms with E-state index in [2.05, 4.69) is 35.4 Å². The van der Waals surface area contributed by atoms with Gasteiger partial charge in [-0.15, -0.1) is 0 Å². The number of urea groups is 1. The van der Waals surface area contributed by atoms with Gasteiger partial charge in [0.15, 0.2) is 0 Å². The summed E-state index contributed by atoms with van der Waals surface area (Å²) < 4.78 is 0. The Hall–Kier alpha value is -1.73. The molecule has 1 aromatic carbocycles. The molecule has 1 aliphatic heterocycles. The smallest absolute Gasteiger partial charge is 0.317 e. The molecule has 0 saturated carbocycles. The van der Waals surface area contributed by atoms with Gasteiger partial charge in [0.2, 0.25) is 0 Å². The Morgan fingerprint density at radius 1 is 1.30 bits per heavy atom. The average molecular weight is 339 g/mol. The first-order valence-electron chi connectivity index (χ1n) is 7.63. The molecule has 1 aromatic rings. The van der Waals surface area contributed by atoms with Gasteiger partial charge in [-0.3, -0.25) is 4.79 Å². The molecular formula is C16H25N3O3S. The van der Waals surface area contributed by atoms with Crippen LogP contribution in [0.5, 0.6) is 0 Å². The number of carbonyl (C=O) groups is 2. The Morgan fingerprint density at radius 2 is 1.87 bits per heavy atom. The molecule has 1 unspecified atom stereocenters. The maximum Gasteiger partial charge on any atom is 0.317 e. The van der Waals surface area contributed by atoms with Crippen LogP contribution in [0.4, 0.5) is 4.79 Å². The number of aliphatic carboxylic acids is 1. The van der Waals surface area contributed by atoms with Gasteiger partial charge in [0.05, 0.1) is 0 Å². The molecule has 1 atom stereocenters. The molecule has 0 radical (unpaired) electrons. The minimum atomic E-state index is -0.833. The number of amides is 2. The van der Waals surface area contributed by atoms with Gasteiger partial charge in [-0.05, 0) is 12.0 Å². The van der Waals surface area contributed by atoms with Crippen LogP contribution >= 0.6 is 12.6 Å². The summed E-state index contributed by atoms with van der Waals surface area (Å²) in [5.41, 5.74) is 1.22. The van der Waals surface area contributed by atoms with Gasteiger partial charge in [-0.1, -0.05) is 30.3 Å². The molecule has 7 heteroatoms. The molecule has 2 rings (SSSR count). The fraction of sp³-hybridized carbons (Fsp3) is 0.500. The second-order valence-electron chi connectivity index (χ2n) is 5.27. The number of rotatable bonds is 4. The predicted octanol–water partition coefficient (Wildman–Crippen LogP) is 1.23. The number of nitrogens with zero attached hydrogens (tertiary/aromatic N) is 1. The van der Waals surface area contributed by atoms with E-state index in [4.69, 9.17) is 9.90 Å². The highest BCUT2D eigenvalue weighted by molar-refractivity contribution is 7.80. The molecule has 1 aliphatic rings. The fourth-order valence-electron chi connectivity index (χ4n) is 2.19. The van der Waals surface area contributed by atoms with Crippen LogP contribution in [0.1, 0.15) is 12.5 Å². The Morgan fingerprint density at radius 3 is 2.39 bits per heavy atom. The second kappa shape index (κ2) is 10.9. The van der Waals surface area contributed by atoms with Crippen LogP contribution in [0.2, 0.25) is 0 Å². The first kappa shape index (κ1) is 19.3. The maximum atomic E-state index is 12.1. The number of piperazine rings is 1. The Kier molecular flexibility index (Phi) is 9.16. The van der Waals surface area contributed by atoms with Crippen LogP contribution in [-0.4, -0.2) is 60.0 Å². The van der Waals surface area contributed by atoms with E-state index in [9.17, 15) is 4.79 Å². The van der Waals surface area contributed by atoms with Crippen molar-refractivity contribution in [1.29, 1.82) is 0 Å². The lowest BCUT2D eigenvalue weighted by Crippen LogP contribution is -2.53. The second-order valence-corrected chi connectivity index (χ2v) is 5.64. The Balaban J connectivity index is 0.000000593. The van der Waals surface area contributed by atoms with E-state index in [1.165, 1.54) is 5.56 Å². The van der Waals surface area contributed by atoms with E-state index < -0.39 is 5.97 Å². The van der Waals surface area contributed by atoms with Crippen molar-refractivity contribution in [2.24, 2.45) is 0 Å². The molecule has 128 valence electrons. The minimum Gasteiger partial charge on any atom is -0.481 e. The van der Waals surface area contributed by atoms with Crippen LogP contribution in [-0.2, 0) is 11.2 Å². The lowest BCUT2D eigenvalue weighted by atomic mass is 10.1. The zero-order chi connectivity index (χ0) is 17.1. The molecule has 0 spiro atoms. The lowest BCUT2D eigenvalue weighted by Gasteiger charge is -2.29. The normalized spacial score (nSPS) is 15.1. The summed E-state index contributed by atoms with van der Waals surface area (Å²) in [5.74, 6) is -0.188. The van der Waals surface area contributed by atoms with Crippen LogP contribution in [0.15, 0.2) is 30.3 Å². The summed E-state index contributed by atoms with van der Waals surface area (Å²) in [6.07, 6.45) is 0.822. The van der Waals surface area contributed by atoms with Crippen molar-refractivity contribution in [2.75, 3.05) is 31.9 Å². The third kappa shape index (κ3) is 8.47. The van der Waals surface area contributed by atoms with Gasteiger partial charge in [0.1, 0.15) is 0 Å². The van der Waals surface area contributed by atoms with Gasteiger partial charge < -0.3 is 20.6 Å². The molecule has 1 fully saturated rings. The molecule has 6 nitrogen and oxygen atoms in total. The monoisotopic (exact) mass is 339 g/mol. The largest absolute Gasteiger partial charge is 0.481 e. The van der Waals surface area contributed by atoms with E-state index in [0.29, 0.717) is 5.75 Å². The standard InChI is InChI=1S/C14H21N3OS.C2H4O2/c18-14(17-8-6-15-7-9-17)16-13(11-19)10-12-4-2-1-3-5-12;1-2(3)4/h1-5,13,15,19H,6-11H2,(H,16,18);1H3,(H,3,4). The molecule has 2 amide bonds. The topological polar surface area (TPSA) is 81.7 Å². The quantitative estimate of drug-likeness (QED) is 0.622. The fourth-order valence-corrected chi connectivity index (χ4v) is 2.41. The van der Waals surface area contributed by atoms with Crippen LogP contribution in [0, 0.1) is 0 Å². The van der Waals surface area contributed by atoms with Gasteiger partial charge in [-0.25, -0.2) is 4.79 Å². The third-order valence-electron chi connectivity index (χ3n) is 3.28. The summed E-state index contributed by atoms with van der Waals surface area (Å²) in [6.45, 7) is 4.38. The molecule has 0 bridgehead atoms. The molecular weight excluding hydrogens is 314 g/mol. The highest BCUT2D eigenvalue weighted by atomic mass is 32.1. The zero-order valence-electron chi connectivity index (χ0n) is 13.4. The van der Waals surface area contributed by atoms with E-state index in [1.807, 2.05) is 23.1 Å². The number of nitrogens with one attached hydrogen (secondary N) is 2. The van der Waals surface area contributed by atoms with Crippen molar-refractivity contribution >= 4 is 24.6 Å². The van der Waals surface area contributed by atoms with Crippen LogP contribution in [0.3, 0.4) is 0 Å². The van der Waals surface area contributed by atoms with Gasteiger partial charge in [0, 0.05) is 44.9 Å². The van der Waals surface area contributed by atoms with E-state index in [0.717, 1.165) is 39.5 Å². The first-order chi connectivity index (χ1) is 11.0. The van der Waals surface area contributed by atoms with E-state index in [-0.39, 0.29) is 12.1 Å². The van der Waals surface area contributed by atoms with Crippen LogP contribution < -0.4 is 10.6 Å². The SMILES string of the molecule is CC(=O)O.O=C(NC(CS)Cc1ccccc1)N1CCNCC1. The highest BCUT2D eigenvalue weighted by Crippen LogP contribution is 2.05. The summed E-state index contributed by atoms with van der Waals surface area (Å²) in [6, 6.07) is 10.3. The number of hydrogen-bond acceptors (Lipinski definition) is 4. The highest BCUT2D eigenvalue weighted by Gasteiger charge is 2.19. The number of hydrogen-bond donors (Lipinski definition) is 4. The van der Waals surface area contributed by atoms with Crippen molar-refractivity contribution < 1.29 is 14.7 Å². The number of carboxylic acids is 1. The van der Waals surface area contributed by atoms with Crippen molar-refractivity contribution in [3.8, 4) is 0 Å². The molecule has 3 N–H and O–H groups in total. The van der Waals surface area contributed by atoms with Crippen molar-refractivity contribution in [2.45, 2.75) is 19.4 Å². The molecule has 0 aliphatic carbocycles. The molecule has 23 heavy (non-hydrogen) atoms. The first-order valence-corrected chi connectivity index (χ1v) is 8.26. The zero-order valence-corrected chi connectivity index (χ0v) is 14.3. The van der Waals surface area contributed by atoms with Crippen LogP contribution in [0.25, 0.3) is 0 Å². The lowest BCUT2D eigenvalue weighted by molar-refractivity contribution is -0.134. The average Bonchev–Trinajstić information content (AvgIpc) is 2.55. The number of carbonyl (C=O) groups excluding carboxylic acids is 1. The van der Waals surface area contributed by atoms with Crippen molar-refractivity contribution in [3.05, 3.63) is 35.9 Å². The molecule has 1 saturated heterocycles. The Labute approximate surface area is 142 Å². The van der Waals surface area contributed by atoms with Crippen molar-refractivity contribution in [3.63, 3.8) is 0 Å². The van der Waals surface area contributed by atoms with E-state index in [1.54, 1.807) is 0 Å². The van der Waals surface area contributed by atoms with Gasteiger partial charge in [-0.2, -0.15) is 12.6 Å².